The van der Waals surface area contributed by atoms with Crippen LogP contribution >= 0.6 is 0 Å². The van der Waals surface area contributed by atoms with E-state index in [2.05, 4.69) is 62.3 Å². The van der Waals surface area contributed by atoms with Crippen LogP contribution in [-0.4, -0.2) is 26.2 Å². The molecule has 2 heteroatoms. The van der Waals surface area contributed by atoms with Crippen LogP contribution < -0.4 is 10.2 Å². The molecule has 18 heavy (non-hydrogen) atoms. The third kappa shape index (κ3) is 2.86. The number of hydrogen-bond donors (Lipinski definition) is 1. The van der Waals surface area contributed by atoms with Crippen molar-refractivity contribution in [3.05, 3.63) is 29.8 Å². The molecule has 1 N–H and O–H groups in total. The van der Waals surface area contributed by atoms with Crippen LogP contribution in [0.4, 0.5) is 5.69 Å². The van der Waals surface area contributed by atoms with Crippen molar-refractivity contribution in [1.29, 1.82) is 0 Å². The van der Waals surface area contributed by atoms with Gasteiger partial charge in [0, 0.05) is 25.3 Å². The maximum absolute atomic E-state index is 3.69. The molecule has 1 aromatic carbocycles. The maximum atomic E-state index is 3.69. The molecule has 1 atom stereocenters. The van der Waals surface area contributed by atoms with Gasteiger partial charge in [0.25, 0.3) is 0 Å². The van der Waals surface area contributed by atoms with E-state index in [-0.39, 0.29) is 0 Å². The van der Waals surface area contributed by atoms with Crippen LogP contribution in [0.2, 0.25) is 0 Å². The average Bonchev–Trinajstić information content (AvgIpc) is 2.32. The zero-order chi connectivity index (χ0) is 13.2. The Morgan fingerprint density at radius 2 is 2.06 bits per heavy atom. The van der Waals surface area contributed by atoms with Gasteiger partial charge >= 0.3 is 0 Å². The van der Waals surface area contributed by atoms with Crippen molar-refractivity contribution in [2.24, 2.45) is 5.41 Å². The lowest BCUT2D eigenvalue weighted by Gasteiger charge is -2.42. The molecule has 0 spiro atoms. The Labute approximate surface area is 111 Å². The predicted octanol–water partition coefficient (Wildman–Crippen LogP) is 3.21. The summed E-state index contributed by atoms with van der Waals surface area (Å²) < 4.78 is 0. The second kappa shape index (κ2) is 5.31. The molecule has 0 bridgehead atoms. The third-order valence-electron chi connectivity index (χ3n) is 4.32. The van der Waals surface area contributed by atoms with Crippen molar-refractivity contribution in [1.82, 2.24) is 5.32 Å². The summed E-state index contributed by atoms with van der Waals surface area (Å²) in [6, 6.07) is 9.21. The Morgan fingerprint density at radius 1 is 1.33 bits per heavy atom. The van der Waals surface area contributed by atoms with Gasteiger partial charge in [-0.05, 0) is 43.4 Å². The van der Waals surface area contributed by atoms with Crippen LogP contribution in [0.25, 0.3) is 0 Å². The highest BCUT2D eigenvalue weighted by atomic mass is 15.1. The van der Waals surface area contributed by atoms with E-state index in [4.69, 9.17) is 0 Å². The van der Waals surface area contributed by atoms with Crippen LogP contribution in [0.5, 0.6) is 0 Å². The molecule has 0 radical (unpaired) electrons. The van der Waals surface area contributed by atoms with Gasteiger partial charge in [0.05, 0.1) is 0 Å². The highest BCUT2D eigenvalue weighted by Gasteiger charge is 2.32. The summed E-state index contributed by atoms with van der Waals surface area (Å²) in [7, 11) is 2.20. The molecule has 1 saturated heterocycles. The highest BCUT2D eigenvalue weighted by molar-refractivity contribution is 5.52. The van der Waals surface area contributed by atoms with E-state index in [0.29, 0.717) is 11.5 Å². The number of anilines is 1. The molecule has 0 saturated carbocycles. The van der Waals surface area contributed by atoms with E-state index in [0.717, 1.165) is 13.1 Å². The van der Waals surface area contributed by atoms with Gasteiger partial charge in [-0.1, -0.05) is 32.0 Å². The first-order valence-corrected chi connectivity index (χ1v) is 7.01. The molecule has 0 amide bonds. The highest BCUT2D eigenvalue weighted by Crippen LogP contribution is 2.31. The van der Waals surface area contributed by atoms with Crippen molar-refractivity contribution in [3.8, 4) is 0 Å². The van der Waals surface area contributed by atoms with E-state index in [1.807, 2.05) is 0 Å². The molecular formula is C16H26N2. The number of para-hydroxylation sites is 1. The van der Waals surface area contributed by atoms with Crippen molar-refractivity contribution in [2.45, 2.75) is 39.7 Å². The zero-order valence-electron chi connectivity index (χ0n) is 12.2. The lowest BCUT2D eigenvalue weighted by molar-refractivity contribution is 0.184. The molecule has 1 aliphatic heterocycles. The number of piperidine rings is 1. The van der Waals surface area contributed by atoms with E-state index in [1.165, 1.54) is 24.1 Å². The van der Waals surface area contributed by atoms with Gasteiger partial charge in [-0.2, -0.15) is 0 Å². The Hall–Kier alpha value is -1.02. The Bertz CT molecular complexity index is 398. The SMILES string of the molecule is Cc1ccccc1N(C)CC1NCCCC1(C)C. The van der Waals surface area contributed by atoms with Crippen molar-refractivity contribution in [3.63, 3.8) is 0 Å². The lowest BCUT2D eigenvalue weighted by Crippen LogP contribution is -2.52. The molecule has 0 aliphatic carbocycles. The van der Waals surface area contributed by atoms with Gasteiger partial charge in [-0.3, -0.25) is 0 Å². The number of hydrogen-bond acceptors (Lipinski definition) is 2. The van der Waals surface area contributed by atoms with Crippen molar-refractivity contribution >= 4 is 5.69 Å². The summed E-state index contributed by atoms with van der Waals surface area (Å²) in [5.41, 5.74) is 3.10. The molecule has 1 unspecified atom stereocenters. The van der Waals surface area contributed by atoms with E-state index in [9.17, 15) is 0 Å². The van der Waals surface area contributed by atoms with Gasteiger partial charge in [0.15, 0.2) is 0 Å². The monoisotopic (exact) mass is 246 g/mol. The number of benzene rings is 1. The summed E-state index contributed by atoms with van der Waals surface area (Å²) in [4.78, 5) is 2.39. The third-order valence-corrected chi connectivity index (χ3v) is 4.32. The average molecular weight is 246 g/mol. The summed E-state index contributed by atoms with van der Waals surface area (Å²) in [6.45, 7) is 9.20. The minimum absolute atomic E-state index is 0.398. The number of aryl methyl sites for hydroxylation is 1. The minimum atomic E-state index is 0.398. The van der Waals surface area contributed by atoms with Crippen LogP contribution in [-0.2, 0) is 0 Å². The van der Waals surface area contributed by atoms with Gasteiger partial charge in [0.2, 0.25) is 0 Å². The molecule has 2 nitrogen and oxygen atoms in total. The lowest BCUT2D eigenvalue weighted by atomic mass is 9.77. The van der Waals surface area contributed by atoms with Crippen LogP contribution in [0.15, 0.2) is 24.3 Å². The molecule has 1 aromatic rings. The Morgan fingerprint density at radius 3 is 2.72 bits per heavy atom. The molecule has 2 rings (SSSR count). The number of likely N-dealkylation sites (N-methyl/N-ethyl adjacent to an activating group) is 1. The fourth-order valence-electron chi connectivity index (χ4n) is 2.95. The first-order valence-electron chi connectivity index (χ1n) is 7.01. The largest absolute Gasteiger partial charge is 0.373 e. The van der Waals surface area contributed by atoms with Gasteiger partial charge in [-0.15, -0.1) is 0 Å². The smallest absolute Gasteiger partial charge is 0.0393 e. The molecule has 1 heterocycles. The van der Waals surface area contributed by atoms with E-state index in [1.54, 1.807) is 0 Å². The normalized spacial score (nSPS) is 22.8. The molecule has 1 aliphatic rings. The zero-order valence-corrected chi connectivity index (χ0v) is 12.2. The summed E-state index contributed by atoms with van der Waals surface area (Å²) >= 11 is 0. The van der Waals surface area contributed by atoms with Crippen molar-refractivity contribution in [2.75, 3.05) is 25.0 Å². The summed E-state index contributed by atoms with van der Waals surface area (Å²) in [5, 5.41) is 3.69. The standard InChI is InChI=1S/C16H26N2/c1-13-8-5-6-9-14(13)18(4)12-15-16(2,3)10-7-11-17-15/h5-6,8-9,15,17H,7,10-12H2,1-4H3. The molecule has 0 aromatic heterocycles. The number of nitrogens with zero attached hydrogens (tertiary/aromatic N) is 1. The second-order valence-electron chi connectivity index (χ2n) is 6.27. The quantitative estimate of drug-likeness (QED) is 0.881. The van der Waals surface area contributed by atoms with Crippen LogP contribution in [0.1, 0.15) is 32.3 Å². The fraction of sp³-hybridized carbons (Fsp3) is 0.625. The molecular weight excluding hydrogens is 220 g/mol. The van der Waals surface area contributed by atoms with Crippen LogP contribution in [0, 0.1) is 12.3 Å². The van der Waals surface area contributed by atoms with E-state index < -0.39 is 0 Å². The van der Waals surface area contributed by atoms with Crippen molar-refractivity contribution < 1.29 is 0 Å². The topological polar surface area (TPSA) is 15.3 Å². The minimum Gasteiger partial charge on any atom is -0.373 e. The maximum Gasteiger partial charge on any atom is 0.0393 e. The molecule has 100 valence electrons. The predicted molar refractivity (Wildman–Crippen MR) is 79.3 cm³/mol. The summed E-state index contributed by atoms with van der Waals surface area (Å²) in [6.07, 6.45) is 2.63. The number of nitrogens with one attached hydrogen (secondary N) is 1. The first-order chi connectivity index (χ1) is 8.50. The second-order valence-corrected chi connectivity index (χ2v) is 6.27. The Balaban J connectivity index is 2.07. The van der Waals surface area contributed by atoms with E-state index >= 15 is 0 Å². The van der Waals surface area contributed by atoms with Gasteiger partial charge in [-0.25, -0.2) is 0 Å². The van der Waals surface area contributed by atoms with Gasteiger partial charge in [0.1, 0.15) is 0 Å². The Kier molecular flexibility index (Phi) is 3.96. The number of rotatable bonds is 3. The summed E-state index contributed by atoms with van der Waals surface area (Å²) in [5.74, 6) is 0. The van der Waals surface area contributed by atoms with Crippen LogP contribution in [0.3, 0.4) is 0 Å². The fourth-order valence-corrected chi connectivity index (χ4v) is 2.95. The van der Waals surface area contributed by atoms with Gasteiger partial charge < -0.3 is 10.2 Å². The first kappa shape index (κ1) is 13.4. The molecule has 1 fully saturated rings.